The monoisotopic (exact) mass is 304 g/mol. The van der Waals surface area contributed by atoms with Crippen LogP contribution in [0.4, 0.5) is 4.79 Å². The highest BCUT2D eigenvalue weighted by molar-refractivity contribution is 6.34. The SMILES string of the molecule is CCCNC(=O)NC(=O)COc1cc(Cl)ccc1Cl. The van der Waals surface area contributed by atoms with Gasteiger partial charge in [-0.05, 0) is 18.6 Å². The molecule has 104 valence electrons. The molecule has 0 atom stereocenters. The lowest BCUT2D eigenvalue weighted by atomic mass is 10.3. The van der Waals surface area contributed by atoms with E-state index in [1.54, 1.807) is 12.1 Å². The molecule has 0 unspecified atom stereocenters. The molecule has 5 nitrogen and oxygen atoms in total. The van der Waals surface area contributed by atoms with Crippen LogP contribution in [0, 0.1) is 0 Å². The summed E-state index contributed by atoms with van der Waals surface area (Å²) in [6.07, 6.45) is 0.788. The lowest BCUT2D eigenvalue weighted by Crippen LogP contribution is -2.41. The number of carbonyl (C=O) groups excluding carboxylic acids is 2. The molecular weight excluding hydrogens is 291 g/mol. The van der Waals surface area contributed by atoms with Crippen molar-refractivity contribution in [1.29, 1.82) is 0 Å². The van der Waals surface area contributed by atoms with Gasteiger partial charge < -0.3 is 10.1 Å². The molecule has 19 heavy (non-hydrogen) atoms. The van der Waals surface area contributed by atoms with Gasteiger partial charge in [0.2, 0.25) is 0 Å². The molecule has 7 heteroatoms. The highest BCUT2D eigenvalue weighted by Crippen LogP contribution is 2.27. The van der Waals surface area contributed by atoms with Crippen molar-refractivity contribution >= 4 is 35.1 Å². The zero-order chi connectivity index (χ0) is 14.3. The normalized spacial score (nSPS) is 9.84. The molecule has 1 rings (SSSR count). The summed E-state index contributed by atoms with van der Waals surface area (Å²) >= 11 is 11.6. The van der Waals surface area contributed by atoms with Gasteiger partial charge in [-0.15, -0.1) is 0 Å². The molecule has 0 heterocycles. The van der Waals surface area contributed by atoms with E-state index in [4.69, 9.17) is 27.9 Å². The first-order valence-corrected chi connectivity index (χ1v) is 6.44. The number of nitrogens with one attached hydrogen (secondary N) is 2. The van der Waals surface area contributed by atoms with E-state index < -0.39 is 11.9 Å². The Labute approximate surface area is 121 Å². The standard InChI is InChI=1S/C12H14Cl2N2O3/c1-2-5-15-12(18)16-11(17)7-19-10-6-8(13)3-4-9(10)14/h3-4,6H,2,5,7H2,1H3,(H2,15,16,17,18). The maximum absolute atomic E-state index is 11.4. The Bertz CT molecular complexity index is 466. The van der Waals surface area contributed by atoms with Gasteiger partial charge in [0.1, 0.15) is 5.75 Å². The number of hydrogen-bond acceptors (Lipinski definition) is 3. The van der Waals surface area contributed by atoms with Crippen molar-refractivity contribution in [2.45, 2.75) is 13.3 Å². The summed E-state index contributed by atoms with van der Waals surface area (Å²) in [5, 5.41) is 5.42. The summed E-state index contributed by atoms with van der Waals surface area (Å²) < 4.78 is 5.18. The number of halogens is 2. The number of ether oxygens (including phenoxy) is 1. The largest absolute Gasteiger partial charge is 0.482 e. The lowest BCUT2D eigenvalue weighted by molar-refractivity contribution is -0.122. The van der Waals surface area contributed by atoms with Gasteiger partial charge in [-0.2, -0.15) is 0 Å². The van der Waals surface area contributed by atoms with Crippen LogP contribution in [0.15, 0.2) is 18.2 Å². The predicted molar refractivity (Wildman–Crippen MR) is 73.8 cm³/mol. The summed E-state index contributed by atoms with van der Waals surface area (Å²) in [5.74, 6) is -0.275. The maximum atomic E-state index is 11.4. The first-order chi connectivity index (χ1) is 9.02. The van der Waals surface area contributed by atoms with Crippen LogP contribution in [0.2, 0.25) is 10.0 Å². The van der Waals surface area contributed by atoms with E-state index in [0.29, 0.717) is 22.3 Å². The molecule has 0 aliphatic heterocycles. The fourth-order valence-corrected chi connectivity index (χ4v) is 1.51. The van der Waals surface area contributed by atoms with Crippen LogP contribution in [0.25, 0.3) is 0 Å². The summed E-state index contributed by atoms with van der Waals surface area (Å²) in [5.41, 5.74) is 0. The van der Waals surface area contributed by atoms with E-state index in [0.717, 1.165) is 6.42 Å². The van der Waals surface area contributed by atoms with Crippen molar-refractivity contribution in [3.05, 3.63) is 28.2 Å². The Kier molecular flexibility index (Phi) is 6.45. The van der Waals surface area contributed by atoms with Crippen molar-refractivity contribution in [1.82, 2.24) is 10.6 Å². The van der Waals surface area contributed by atoms with E-state index >= 15 is 0 Å². The lowest BCUT2D eigenvalue weighted by Gasteiger charge is -2.09. The quantitative estimate of drug-likeness (QED) is 0.878. The minimum Gasteiger partial charge on any atom is -0.482 e. The van der Waals surface area contributed by atoms with Crippen molar-refractivity contribution in [3.8, 4) is 5.75 Å². The van der Waals surface area contributed by atoms with Gasteiger partial charge in [0, 0.05) is 17.6 Å². The first kappa shape index (κ1) is 15.6. The first-order valence-electron chi connectivity index (χ1n) is 5.68. The minimum atomic E-state index is -0.565. The second-order valence-electron chi connectivity index (χ2n) is 3.67. The second-order valence-corrected chi connectivity index (χ2v) is 4.51. The number of amides is 3. The summed E-state index contributed by atoms with van der Waals surface area (Å²) in [7, 11) is 0. The molecule has 3 amide bonds. The zero-order valence-corrected chi connectivity index (χ0v) is 11.8. The van der Waals surface area contributed by atoms with E-state index in [9.17, 15) is 9.59 Å². The number of urea groups is 1. The molecule has 1 aromatic carbocycles. The Morgan fingerprint density at radius 1 is 1.32 bits per heavy atom. The summed E-state index contributed by atoms with van der Waals surface area (Å²) in [6.45, 7) is 2.09. The van der Waals surface area contributed by atoms with Gasteiger partial charge in [-0.25, -0.2) is 4.79 Å². The van der Waals surface area contributed by atoms with Crippen molar-refractivity contribution < 1.29 is 14.3 Å². The molecular formula is C12H14Cl2N2O3. The van der Waals surface area contributed by atoms with Crippen molar-refractivity contribution in [2.75, 3.05) is 13.2 Å². The Balaban J connectivity index is 2.41. The fourth-order valence-electron chi connectivity index (χ4n) is 1.18. The third kappa shape index (κ3) is 5.81. The number of hydrogen-bond donors (Lipinski definition) is 2. The van der Waals surface area contributed by atoms with Crippen molar-refractivity contribution in [2.24, 2.45) is 0 Å². The molecule has 0 spiro atoms. The van der Waals surface area contributed by atoms with Gasteiger partial charge in [-0.1, -0.05) is 30.1 Å². The molecule has 0 saturated heterocycles. The Morgan fingerprint density at radius 3 is 2.74 bits per heavy atom. The Hall–Kier alpha value is -1.46. The smallest absolute Gasteiger partial charge is 0.321 e. The highest BCUT2D eigenvalue weighted by atomic mass is 35.5. The van der Waals surface area contributed by atoms with E-state index in [1.165, 1.54) is 6.07 Å². The van der Waals surface area contributed by atoms with Crippen LogP contribution in [0.5, 0.6) is 5.75 Å². The summed E-state index contributed by atoms with van der Waals surface area (Å²) in [4.78, 5) is 22.6. The number of carbonyl (C=O) groups is 2. The molecule has 0 aliphatic rings. The van der Waals surface area contributed by atoms with Crippen LogP contribution >= 0.6 is 23.2 Å². The van der Waals surface area contributed by atoms with E-state index in [1.807, 2.05) is 6.92 Å². The Morgan fingerprint density at radius 2 is 2.05 bits per heavy atom. The van der Waals surface area contributed by atoms with Gasteiger partial charge in [0.05, 0.1) is 5.02 Å². The molecule has 0 radical (unpaired) electrons. The average Bonchev–Trinajstić information content (AvgIpc) is 2.37. The van der Waals surface area contributed by atoms with Crippen LogP contribution in [-0.4, -0.2) is 25.1 Å². The van der Waals surface area contributed by atoms with E-state index in [-0.39, 0.29) is 6.61 Å². The molecule has 0 aliphatic carbocycles. The number of benzene rings is 1. The summed E-state index contributed by atoms with van der Waals surface area (Å²) in [6, 6.07) is 4.11. The maximum Gasteiger partial charge on any atom is 0.321 e. The number of rotatable bonds is 5. The average molecular weight is 305 g/mol. The highest BCUT2D eigenvalue weighted by Gasteiger charge is 2.09. The molecule has 2 N–H and O–H groups in total. The third-order valence-corrected chi connectivity index (χ3v) is 2.59. The second kappa shape index (κ2) is 7.86. The molecule has 0 saturated carbocycles. The molecule has 0 aromatic heterocycles. The molecule has 0 bridgehead atoms. The van der Waals surface area contributed by atoms with Gasteiger partial charge in [-0.3, -0.25) is 10.1 Å². The zero-order valence-electron chi connectivity index (χ0n) is 10.3. The van der Waals surface area contributed by atoms with Crippen LogP contribution < -0.4 is 15.4 Å². The van der Waals surface area contributed by atoms with Crippen LogP contribution in [-0.2, 0) is 4.79 Å². The topological polar surface area (TPSA) is 67.4 Å². The fraction of sp³-hybridized carbons (Fsp3) is 0.333. The third-order valence-electron chi connectivity index (χ3n) is 2.04. The van der Waals surface area contributed by atoms with Gasteiger partial charge in [0.15, 0.2) is 6.61 Å². The minimum absolute atomic E-state index is 0.290. The van der Waals surface area contributed by atoms with Crippen molar-refractivity contribution in [3.63, 3.8) is 0 Å². The number of imide groups is 1. The van der Waals surface area contributed by atoms with Gasteiger partial charge in [0.25, 0.3) is 5.91 Å². The van der Waals surface area contributed by atoms with E-state index in [2.05, 4.69) is 10.6 Å². The molecule has 0 fully saturated rings. The van der Waals surface area contributed by atoms with Crippen LogP contribution in [0.1, 0.15) is 13.3 Å². The molecule has 1 aromatic rings. The predicted octanol–water partition coefficient (Wildman–Crippen LogP) is 2.61. The van der Waals surface area contributed by atoms with Gasteiger partial charge >= 0.3 is 6.03 Å². The van der Waals surface area contributed by atoms with Crippen LogP contribution in [0.3, 0.4) is 0 Å².